The number of carbonyl (C=O) groups is 1. The van der Waals surface area contributed by atoms with Gasteiger partial charge < -0.3 is 19.1 Å². The highest BCUT2D eigenvalue weighted by molar-refractivity contribution is 5.97. The number of nitrogens with zero attached hydrogens (tertiary/aromatic N) is 2. The van der Waals surface area contributed by atoms with E-state index in [9.17, 15) is 9.59 Å². The normalized spacial score (nSPS) is 11.1. The lowest BCUT2D eigenvalue weighted by atomic mass is 10.1. The van der Waals surface area contributed by atoms with E-state index in [0.29, 0.717) is 28.8 Å². The van der Waals surface area contributed by atoms with Crippen LogP contribution in [0.3, 0.4) is 0 Å². The van der Waals surface area contributed by atoms with Crippen LogP contribution in [-0.2, 0) is 0 Å². The molecule has 0 aliphatic heterocycles. The standard InChI is InChI=1S/C22H21N3O4.CH4/c1-13-4-5-14-11-16(22(27)29-18(14)10-13)21-24-17-7-6-15(12-19(17)28-21)20(26)23-8-9-25(2)3;/h4-7,10-12H,8-9H2,1-3H3,(H,23,26);1H4. The molecule has 0 aliphatic rings. The summed E-state index contributed by atoms with van der Waals surface area (Å²) in [5, 5.41) is 3.65. The molecule has 1 amide bonds. The van der Waals surface area contributed by atoms with E-state index in [-0.39, 0.29) is 24.8 Å². The molecule has 2 aromatic carbocycles. The largest absolute Gasteiger partial charge is 0.436 e. The fourth-order valence-corrected chi connectivity index (χ4v) is 3.04. The maximum absolute atomic E-state index is 12.4. The molecule has 7 heteroatoms. The molecule has 0 saturated heterocycles. The van der Waals surface area contributed by atoms with Crippen molar-refractivity contribution >= 4 is 28.0 Å². The van der Waals surface area contributed by atoms with E-state index >= 15 is 0 Å². The smallest absolute Gasteiger partial charge is 0.349 e. The Morgan fingerprint density at radius 2 is 1.87 bits per heavy atom. The summed E-state index contributed by atoms with van der Waals surface area (Å²) in [7, 11) is 3.89. The van der Waals surface area contributed by atoms with Gasteiger partial charge in [0.25, 0.3) is 5.91 Å². The third-order valence-corrected chi connectivity index (χ3v) is 4.62. The topological polar surface area (TPSA) is 88.6 Å². The highest BCUT2D eigenvalue weighted by Crippen LogP contribution is 2.25. The molecule has 0 fully saturated rings. The van der Waals surface area contributed by atoms with E-state index in [1.54, 1.807) is 24.3 Å². The lowest BCUT2D eigenvalue weighted by Crippen LogP contribution is -2.31. The van der Waals surface area contributed by atoms with Gasteiger partial charge in [-0.3, -0.25) is 4.79 Å². The summed E-state index contributed by atoms with van der Waals surface area (Å²) in [5.74, 6) is -0.0197. The van der Waals surface area contributed by atoms with E-state index in [1.165, 1.54) is 0 Å². The molecule has 0 spiro atoms. The number of hydrogen-bond donors (Lipinski definition) is 1. The molecule has 1 N–H and O–H groups in total. The second kappa shape index (κ2) is 8.51. The van der Waals surface area contributed by atoms with Crippen molar-refractivity contribution in [3.63, 3.8) is 0 Å². The third kappa shape index (κ3) is 4.26. The Labute approximate surface area is 174 Å². The Hall–Kier alpha value is -3.45. The minimum absolute atomic E-state index is 0. The molecule has 0 bridgehead atoms. The number of benzene rings is 2. The van der Waals surface area contributed by atoms with Crippen LogP contribution in [0.5, 0.6) is 0 Å². The van der Waals surface area contributed by atoms with Gasteiger partial charge in [-0.05, 0) is 56.9 Å². The van der Waals surface area contributed by atoms with E-state index in [1.807, 2.05) is 44.1 Å². The molecule has 0 saturated carbocycles. The van der Waals surface area contributed by atoms with Gasteiger partial charge in [-0.2, -0.15) is 0 Å². The van der Waals surface area contributed by atoms with Crippen LogP contribution in [0.2, 0.25) is 0 Å². The minimum atomic E-state index is -0.517. The molecular weight excluding hydrogens is 382 g/mol. The first kappa shape index (κ1) is 21.3. The molecule has 0 unspecified atom stereocenters. The molecule has 4 aromatic rings. The van der Waals surface area contributed by atoms with Crippen molar-refractivity contribution in [2.24, 2.45) is 0 Å². The highest BCUT2D eigenvalue weighted by atomic mass is 16.4. The van der Waals surface area contributed by atoms with Crippen LogP contribution in [0.25, 0.3) is 33.5 Å². The van der Waals surface area contributed by atoms with Crippen molar-refractivity contribution in [2.45, 2.75) is 14.4 Å². The first-order valence-electron chi connectivity index (χ1n) is 9.29. The predicted octanol–water partition coefficient (Wildman–Crippen LogP) is 3.84. The van der Waals surface area contributed by atoms with Gasteiger partial charge in [0.05, 0.1) is 0 Å². The number of oxazole rings is 1. The number of likely N-dealkylation sites (N-methyl/N-ethyl adjacent to an activating group) is 1. The van der Waals surface area contributed by atoms with Crippen LogP contribution in [0.15, 0.2) is 56.1 Å². The lowest BCUT2D eigenvalue weighted by molar-refractivity contribution is 0.0951. The molecular formula is C23H25N3O4. The summed E-state index contributed by atoms with van der Waals surface area (Å²) in [4.78, 5) is 31.1. The average molecular weight is 407 g/mol. The zero-order valence-electron chi connectivity index (χ0n) is 16.5. The third-order valence-electron chi connectivity index (χ3n) is 4.62. The summed E-state index contributed by atoms with van der Waals surface area (Å²) < 4.78 is 11.2. The second-order valence-corrected chi connectivity index (χ2v) is 7.25. The summed E-state index contributed by atoms with van der Waals surface area (Å²) in [6, 6.07) is 12.4. The van der Waals surface area contributed by atoms with E-state index < -0.39 is 5.63 Å². The van der Waals surface area contributed by atoms with Crippen LogP contribution in [0.1, 0.15) is 23.3 Å². The Bertz CT molecular complexity index is 1270. The zero-order valence-corrected chi connectivity index (χ0v) is 16.5. The number of rotatable bonds is 5. The lowest BCUT2D eigenvalue weighted by Gasteiger charge is -2.10. The quantitative estimate of drug-likeness (QED) is 0.506. The fraction of sp³-hybridized carbons (Fsp3) is 0.261. The molecule has 0 radical (unpaired) electrons. The number of aromatic nitrogens is 1. The number of amides is 1. The number of nitrogens with one attached hydrogen (secondary N) is 1. The van der Waals surface area contributed by atoms with Gasteiger partial charge in [-0.15, -0.1) is 0 Å². The molecule has 2 aromatic heterocycles. The molecule has 156 valence electrons. The Morgan fingerprint density at radius 1 is 1.07 bits per heavy atom. The maximum Gasteiger partial charge on any atom is 0.349 e. The summed E-state index contributed by atoms with van der Waals surface area (Å²) in [6.45, 7) is 3.23. The first-order valence-corrected chi connectivity index (χ1v) is 9.29. The van der Waals surface area contributed by atoms with Crippen LogP contribution < -0.4 is 10.9 Å². The van der Waals surface area contributed by atoms with Crippen molar-refractivity contribution in [1.29, 1.82) is 0 Å². The van der Waals surface area contributed by atoms with Crippen LogP contribution >= 0.6 is 0 Å². The number of aryl methyl sites for hydroxylation is 1. The Kier molecular flexibility index (Phi) is 6.03. The summed E-state index contributed by atoms with van der Waals surface area (Å²) in [5.41, 5.74) is 2.72. The van der Waals surface area contributed by atoms with Gasteiger partial charge >= 0.3 is 5.63 Å². The Morgan fingerprint density at radius 3 is 2.63 bits per heavy atom. The number of fused-ring (bicyclic) bond motifs is 2. The second-order valence-electron chi connectivity index (χ2n) is 7.25. The van der Waals surface area contributed by atoms with Gasteiger partial charge in [0.2, 0.25) is 5.89 Å². The monoisotopic (exact) mass is 407 g/mol. The van der Waals surface area contributed by atoms with Crippen molar-refractivity contribution in [3.05, 3.63) is 64.0 Å². The van der Waals surface area contributed by atoms with Crippen LogP contribution in [0.4, 0.5) is 0 Å². The minimum Gasteiger partial charge on any atom is -0.436 e. The van der Waals surface area contributed by atoms with Crippen molar-refractivity contribution in [3.8, 4) is 11.5 Å². The molecule has 30 heavy (non-hydrogen) atoms. The van der Waals surface area contributed by atoms with Gasteiger partial charge in [-0.25, -0.2) is 9.78 Å². The molecule has 0 aliphatic carbocycles. The fourth-order valence-electron chi connectivity index (χ4n) is 3.04. The number of carbonyl (C=O) groups excluding carboxylic acids is 1. The SMILES string of the molecule is C.Cc1ccc2cc(-c3nc4ccc(C(=O)NCCN(C)C)cc4o3)c(=O)oc2c1. The maximum atomic E-state index is 12.4. The molecule has 2 heterocycles. The van der Waals surface area contributed by atoms with E-state index in [2.05, 4.69) is 10.3 Å². The summed E-state index contributed by atoms with van der Waals surface area (Å²) in [6.07, 6.45) is 0. The van der Waals surface area contributed by atoms with Crippen LogP contribution in [0, 0.1) is 6.92 Å². The predicted molar refractivity (Wildman–Crippen MR) is 118 cm³/mol. The van der Waals surface area contributed by atoms with Crippen LogP contribution in [-0.4, -0.2) is 43.0 Å². The van der Waals surface area contributed by atoms with Crippen molar-refractivity contribution in [1.82, 2.24) is 15.2 Å². The zero-order chi connectivity index (χ0) is 20.5. The van der Waals surface area contributed by atoms with Gasteiger partial charge in [-0.1, -0.05) is 19.6 Å². The number of hydrogen-bond acceptors (Lipinski definition) is 6. The van der Waals surface area contributed by atoms with Gasteiger partial charge in [0.1, 0.15) is 16.7 Å². The van der Waals surface area contributed by atoms with E-state index in [0.717, 1.165) is 17.5 Å². The molecule has 0 atom stereocenters. The summed E-state index contributed by atoms with van der Waals surface area (Å²) >= 11 is 0. The highest BCUT2D eigenvalue weighted by Gasteiger charge is 2.16. The first-order chi connectivity index (χ1) is 13.9. The van der Waals surface area contributed by atoms with Crippen molar-refractivity contribution in [2.75, 3.05) is 27.2 Å². The molecule has 4 rings (SSSR count). The average Bonchev–Trinajstić information content (AvgIpc) is 3.09. The molecule has 7 nitrogen and oxygen atoms in total. The van der Waals surface area contributed by atoms with E-state index in [4.69, 9.17) is 8.83 Å². The van der Waals surface area contributed by atoms with Gasteiger partial charge in [0.15, 0.2) is 5.58 Å². The van der Waals surface area contributed by atoms with Crippen molar-refractivity contribution < 1.29 is 13.6 Å². The Balaban J connectivity index is 0.00000256. The van der Waals surface area contributed by atoms with Gasteiger partial charge in [0, 0.05) is 24.0 Å².